The highest BCUT2D eigenvalue weighted by molar-refractivity contribution is 6.16. The van der Waals surface area contributed by atoms with Gasteiger partial charge in [0.1, 0.15) is 11.2 Å². The van der Waals surface area contributed by atoms with E-state index in [0.29, 0.717) is 0 Å². The Morgan fingerprint density at radius 3 is 1.45 bits per heavy atom. The molecular formula is C77H76N2O. The van der Waals surface area contributed by atoms with Gasteiger partial charge in [-0.15, -0.1) is 6.58 Å². The molecule has 3 nitrogen and oxygen atoms in total. The third kappa shape index (κ3) is 9.02. The van der Waals surface area contributed by atoms with Gasteiger partial charge >= 0.3 is 0 Å². The molecule has 400 valence electrons. The summed E-state index contributed by atoms with van der Waals surface area (Å²) in [4.78, 5) is 4.69. The lowest BCUT2D eigenvalue weighted by Gasteiger charge is -2.39. The summed E-state index contributed by atoms with van der Waals surface area (Å²) in [6.07, 6.45) is 8.41. The van der Waals surface area contributed by atoms with Crippen molar-refractivity contribution in [2.45, 2.75) is 110 Å². The van der Waals surface area contributed by atoms with Gasteiger partial charge < -0.3 is 14.2 Å². The maximum absolute atomic E-state index is 7.18. The summed E-state index contributed by atoms with van der Waals surface area (Å²) in [6.45, 7) is 35.1. The van der Waals surface area contributed by atoms with Crippen LogP contribution in [0.4, 0.5) is 28.4 Å². The number of hydrogen-bond acceptors (Lipinski definition) is 3. The van der Waals surface area contributed by atoms with Crippen LogP contribution in [0.25, 0.3) is 45.2 Å². The molecule has 10 aromatic rings. The Labute approximate surface area is 476 Å². The smallest absolute Gasteiger partial charge is 0.145 e. The molecule has 2 aliphatic carbocycles. The van der Waals surface area contributed by atoms with Crippen LogP contribution >= 0.6 is 0 Å². The number of furan rings is 1. The highest BCUT2D eigenvalue weighted by Crippen LogP contribution is 2.58. The van der Waals surface area contributed by atoms with Crippen molar-refractivity contribution < 1.29 is 4.42 Å². The third-order valence-corrected chi connectivity index (χ3v) is 16.8. The van der Waals surface area contributed by atoms with Crippen molar-refractivity contribution in [1.29, 1.82) is 0 Å². The Balaban J connectivity index is 0.00000220. The summed E-state index contributed by atoms with van der Waals surface area (Å²) >= 11 is 0. The summed E-state index contributed by atoms with van der Waals surface area (Å²) in [5, 5.41) is 2.13. The zero-order chi connectivity index (χ0) is 56.5. The lowest BCUT2D eigenvalue weighted by Crippen LogP contribution is -2.33. The molecular weight excluding hydrogens is 969 g/mol. The third-order valence-electron chi connectivity index (χ3n) is 16.8. The van der Waals surface area contributed by atoms with E-state index < -0.39 is 5.41 Å². The second kappa shape index (κ2) is 20.1. The predicted octanol–water partition coefficient (Wildman–Crippen LogP) is 21.6. The van der Waals surface area contributed by atoms with Crippen LogP contribution in [0.5, 0.6) is 0 Å². The molecule has 80 heavy (non-hydrogen) atoms. The molecule has 0 amide bonds. The van der Waals surface area contributed by atoms with Crippen LogP contribution in [0.1, 0.15) is 144 Å². The van der Waals surface area contributed by atoms with Gasteiger partial charge in [-0.2, -0.15) is 0 Å². The molecule has 1 aromatic heterocycles. The van der Waals surface area contributed by atoms with Crippen LogP contribution < -0.4 is 9.80 Å². The molecule has 12 rings (SSSR count). The first-order valence-corrected chi connectivity index (χ1v) is 28.4. The first-order valence-electron chi connectivity index (χ1n) is 28.4. The van der Waals surface area contributed by atoms with Crippen LogP contribution in [0.3, 0.4) is 0 Å². The van der Waals surface area contributed by atoms with Gasteiger partial charge in [0.15, 0.2) is 0 Å². The maximum atomic E-state index is 7.18. The Morgan fingerprint density at radius 1 is 0.463 bits per heavy atom. The van der Waals surface area contributed by atoms with E-state index in [1.807, 2.05) is 13.1 Å². The van der Waals surface area contributed by atoms with Gasteiger partial charge in [-0.1, -0.05) is 222 Å². The van der Waals surface area contributed by atoms with E-state index in [-0.39, 0.29) is 21.7 Å². The van der Waals surface area contributed by atoms with E-state index in [2.05, 4.69) is 305 Å². The number of benzene rings is 9. The van der Waals surface area contributed by atoms with Gasteiger partial charge in [-0.25, -0.2) is 0 Å². The molecule has 0 bridgehead atoms. The van der Waals surface area contributed by atoms with Crippen molar-refractivity contribution in [3.05, 3.63) is 281 Å². The second-order valence-electron chi connectivity index (χ2n) is 25.5. The summed E-state index contributed by atoms with van der Waals surface area (Å²) in [7, 11) is 0. The minimum atomic E-state index is -0.807. The number of nitrogens with zero attached hydrogens (tertiary/aromatic N) is 2. The quantitative estimate of drug-likeness (QED) is 0.141. The van der Waals surface area contributed by atoms with E-state index in [1.165, 1.54) is 61.2 Å². The molecule has 1 heterocycles. The fraction of sp³-hybridized carbons (Fsp3) is 0.221. The average molecular weight is 1050 g/mol. The monoisotopic (exact) mass is 1040 g/mol. The van der Waals surface area contributed by atoms with Crippen molar-refractivity contribution in [2.24, 2.45) is 0 Å². The van der Waals surface area contributed by atoms with Crippen molar-refractivity contribution in [3.63, 3.8) is 0 Å². The van der Waals surface area contributed by atoms with Gasteiger partial charge in [-0.05, 0) is 163 Å². The zero-order valence-corrected chi connectivity index (χ0v) is 49.0. The van der Waals surface area contributed by atoms with E-state index in [4.69, 9.17) is 4.42 Å². The second-order valence-corrected chi connectivity index (χ2v) is 25.5. The number of rotatable bonds is 8. The minimum absolute atomic E-state index is 0.0106. The van der Waals surface area contributed by atoms with Crippen LogP contribution in [0.15, 0.2) is 224 Å². The highest BCUT2D eigenvalue weighted by atomic mass is 16.3. The molecule has 0 unspecified atom stereocenters. The fourth-order valence-electron chi connectivity index (χ4n) is 12.6. The SMILES string of the molecule is C=CC.C=CN(c1ccc(C(C)(C)C)cc1)c1cc2c(c3oc4ccccc4c13)C=Cc1cc3c(cc1C2(c1ccccc1)c1ccccc1)-c1ccc(N(c2ccc(C(C)(C)C)cc2)c2ccc(C(C)(C)C)cc2)cc1C3(C)C. The molecule has 0 spiro atoms. The van der Waals surface area contributed by atoms with Crippen LogP contribution in [0, 0.1) is 0 Å². The molecule has 9 aromatic carbocycles. The first-order chi connectivity index (χ1) is 38.2. The molecule has 0 fully saturated rings. The topological polar surface area (TPSA) is 19.6 Å². The van der Waals surface area contributed by atoms with Crippen LogP contribution in [-0.4, -0.2) is 0 Å². The molecule has 0 saturated carbocycles. The lowest BCUT2D eigenvalue weighted by atomic mass is 9.62. The van der Waals surface area contributed by atoms with E-state index in [1.54, 1.807) is 6.08 Å². The first kappa shape index (κ1) is 53.6. The largest absolute Gasteiger partial charge is 0.455 e. The Bertz CT molecular complexity index is 3880. The number of para-hydroxylation sites is 1. The van der Waals surface area contributed by atoms with E-state index >= 15 is 0 Å². The molecule has 2 aliphatic rings. The number of anilines is 5. The lowest BCUT2D eigenvalue weighted by molar-refractivity contribution is 0.590. The molecule has 0 radical (unpaired) electrons. The van der Waals surface area contributed by atoms with Gasteiger partial charge in [0.05, 0.1) is 16.5 Å². The molecule has 0 saturated heterocycles. The molecule has 0 atom stereocenters. The predicted molar refractivity (Wildman–Crippen MR) is 344 cm³/mol. The maximum Gasteiger partial charge on any atom is 0.145 e. The molecule has 3 heteroatoms. The number of fused-ring (bicyclic) bond motifs is 9. The van der Waals surface area contributed by atoms with Crippen molar-refractivity contribution in [3.8, 4) is 11.1 Å². The van der Waals surface area contributed by atoms with Crippen molar-refractivity contribution >= 4 is 62.5 Å². The number of allylic oxidation sites excluding steroid dienone is 1. The minimum Gasteiger partial charge on any atom is -0.455 e. The average Bonchev–Trinajstić information content (AvgIpc) is 3.99. The highest BCUT2D eigenvalue weighted by Gasteiger charge is 2.46. The van der Waals surface area contributed by atoms with Crippen LogP contribution in [-0.2, 0) is 27.1 Å². The number of hydrogen-bond donors (Lipinski definition) is 0. The normalized spacial score (nSPS) is 14.0. The van der Waals surface area contributed by atoms with Gasteiger partial charge in [0.25, 0.3) is 0 Å². The van der Waals surface area contributed by atoms with Crippen LogP contribution in [0.2, 0.25) is 0 Å². The standard InChI is InChI=1S/C74H70N2O.C3H6/c1-13-75(54-35-29-49(30-36-54)70(2,3)4)66-47-65-59(69-68(66)60-26-20-21-27-67(60)77-69)42-28-48-44-63-61(46-62(48)74(65,52-22-16-14-17-23-52)53-24-18-15-19-25-53)58-43-41-57(45-64(58)73(63,11)12)76(55-37-31-50(32-38-55)71(5,6)7)56-39-33-51(34-40-56)72(8,9)10;1-3-2/h13-47H,1H2,2-12H3;3H,1H2,2H3. The summed E-state index contributed by atoms with van der Waals surface area (Å²) < 4.78 is 7.18. The molecule has 0 aliphatic heterocycles. The van der Waals surface area contributed by atoms with Gasteiger partial charge in [-0.3, -0.25) is 0 Å². The van der Waals surface area contributed by atoms with Gasteiger partial charge in [0.2, 0.25) is 0 Å². The summed E-state index contributed by atoms with van der Waals surface area (Å²) in [5.74, 6) is 0. The summed E-state index contributed by atoms with van der Waals surface area (Å²) in [6, 6.07) is 72.8. The summed E-state index contributed by atoms with van der Waals surface area (Å²) in [5.41, 5.74) is 22.1. The molecule has 0 N–H and O–H groups in total. The van der Waals surface area contributed by atoms with E-state index in [0.717, 1.165) is 61.5 Å². The zero-order valence-electron chi connectivity index (χ0n) is 49.0. The Morgan fingerprint density at radius 2 is 0.938 bits per heavy atom. The van der Waals surface area contributed by atoms with E-state index in [9.17, 15) is 0 Å². The Hall–Kier alpha value is -8.40. The fourth-order valence-corrected chi connectivity index (χ4v) is 12.6. The van der Waals surface area contributed by atoms with Crippen molar-refractivity contribution in [2.75, 3.05) is 9.80 Å². The Kier molecular flexibility index (Phi) is 13.4. The van der Waals surface area contributed by atoms with Crippen molar-refractivity contribution in [1.82, 2.24) is 0 Å². The van der Waals surface area contributed by atoms with Gasteiger partial charge in [0, 0.05) is 45.3 Å².